The van der Waals surface area contributed by atoms with E-state index in [0.29, 0.717) is 31.9 Å². The van der Waals surface area contributed by atoms with Gasteiger partial charge in [0.1, 0.15) is 24.2 Å². The number of Topliss-reactive ketones (excluding diaryl/α,β-unsaturated/α-hetero) is 1. The number of aliphatic hydroxyl groups is 1. The standard InChI is InChI=1S/C24H32N2O3/c1-20-7-11-24(12-8-20)29-19-23(28)18-26-15-13-25(14-16-26)17-22(27)10-9-21-5-3-2-4-6-21/h2-8,11-12,23,28H,9-10,13-19H2,1H3/t23-/m1/s1. The van der Waals surface area contributed by atoms with E-state index in [0.717, 1.165) is 38.3 Å². The third kappa shape index (κ3) is 7.61. The van der Waals surface area contributed by atoms with Crippen molar-refractivity contribution >= 4 is 5.78 Å². The number of aryl methyl sites for hydroxylation is 2. The number of benzene rings is 2. The molecule has 3 rings (SSSR count). The lowest BCUT2D eigenvalue weighted by Crippen LogP contribution is -2.50. The molecule has 0 aliphatic carbocycles. The van der Waals surface area contributed by atoms with Crippen LogP contribution in [0.3, 0.4) is 0 Å². The summed E-state index contributed by atoms with van der Waals surface area (Å²) in [6.45, 7) is 6.92. The number of rotatable bonds is 10. The van der Waals surface area contributed by atoms with E-state index in [1.165, 1.54) is 11.1 Å². The normalized spacial score (nSPS) is 16.5. The van der Waals surface area contributed by atoms with E-state index < -0.39 is 6.10 Å². The van der Waals surface area contributed by atoms with Gasteiger partial charge in [-0.2, -0.15) is 0 Å². The van der Waals surface area contributed by atoms with Crippen molar-refractivity contribution in [2.45, 2.75) is 25.9 Å². The molecule has 1 heterocycles. The summed E-state index contributed by atoms with van der Waals surface area (Å²) in [5.41, 5.74) is 2.40. The summed E-state index contributed by atoms with van der Waals surface area (Å²) in [5, 5.41) is 10.3. The van der Waals surface area contributed by atoms with Gasteiger partial charge in [0.15, 0.2) is 0 Å². The summed E-state index contributed by atoms with van der Waals surface area (Å²) in [4.78, 5) is 16.7. The third-order valence-corrected chi connectivity index (χ3v) is 5.33. The molecule has 1 aliphatic heterocycles. The Morgan fingerprint density at radius 1 is 1.00 bits per heavy atom. The fourth-order valence-electron chi connectivity index (χ4n) is 3.56. The topological polar surface area (TPSA) is 53.0 Å². The Bertz CT molecular complexity index is 740. The second-order valence-corrected chi connectivity index (χ2v) is 7.88. The molecule has 2 aromatic rings. The van der Waals surface area contributed by atoms with Gasteiger partial charge < -0.3 is 9.84 Å². The SMILES string of the molecule is Cc1ccc(OC[C@H](O)CN2CCN(CC(=O)CCc3ccccc3)CC2)cc1. The summed E-state index contributed by atoms with van der Waals surface area (Å²) in [6, 6.07) is 18.0. The molecule has 0 spiro atoms. The summed E-state index contributed by atoms with van der Waals surface area (Å²) in [5.74, 6) is 1.09. The van der Waals surface area contributed by atoms with Crippen molar-refractivity contribution in [3.63, 3.8) is 0 Å². The highest BCUT2D eigenvalue weighted by molar-refractivity contribution is 5.80. The lowest BCUT2D eigenvalue weighted by molar-refractivity contribution is -0.120. The zero-order valence-corrected chi connectivity index (χ0v) is 17.3. The Kier molecular flexibility index (Phi) is 8.23. The minimum absolute atomic E-state index is 0.293. The zero-order chi connectivity index (χ0) is 20.5. The van der Waals surface area contributed by atoms with Crippen LogP contribution in [-0.2, 0) is 11.2 Å². The first kappa shape index (κ1) is 21.5. The molecule has 0 aromatic heterocycles. The van der Waals surface area contributed by atoms with Crippen molar-refractivity contribution in [2.75, 3.05) is 45.9 Å². The number of carbonyl (C=O) groups is 1. The first-order valence-electron chi connectivity index (χ1n) is 10.5. The van der Waals surface area contributed by atoms with Gasteiger partial charge in [0.05, 0.1) is 6.54 Å². The molecule has 1 N–H and O–H groups in total. The molecule has 5 heteroatoms. The second-order valence-electron chi connectivity index (χ2n) is 7.88. The van der Waals surface area contributed by atoms with Crippen LogP contribution in [0.25, 0.3) is 0 Å². The molecule has 156 valence electrons. The molecule has 0 saturated carbocycles. The van der Waals surface area contributed by atoms with Crippen LogP contribution < -0.4 is 4.74 Å². The minimum atomic E-state index is -0.518. The van der Waals surface area contributed by atoms with Crippen LogP contribution in [0.15, 0.2) is 54.6 Å². The molecule has 2 aromatic carbocycles. The predicted octanol–water partition coefficient (Wildman–Crippen LogP) is 2.55. The van der Waals surface area contributed by atoms with Gasteiger partial charge in [0, 0.05) is 39.1 Å². The van der Waals surface area contributed by atoms with Gasteiger partial charge in [0.25, 0.3) is 0 Å². The maximum Gasteiger partial charge on any atom is 0.147 e. The Labute approximate surface area is 173 Å². The van der Waals surface area contributed by atoms with E-state index in [-0.39, 0.29) is 0 Å². The Morgan fingerprint density at radius 2 is 1.66 bits per heavy atom. The van der Waals surface area contributed by atoms with E-state index in [1.54, 1.807) is 0 Å². The molecule has 0 radical (unpaired) electrons. The Morgan fingerprint density at radius 3 is 2.34 bits per heavy atom. The molecule has 0 bridgehead atoms. The van der Waals surface area contributed by atoms with Crippen LogP contribution in [0.2, 0.25) is 0 Å². The number of aliphatic hydroxyl groups excluding tert-OH is 1. The molecule has 1 saturated heterocycles. The van der Waals surface area contributed by atoms with Crippen LogP contribution >= 0.6 is 0 Å². The van der Waals surface area contributed by atoms with E-state index >= 15 is 0 Å². The Hall–Kier alpha value is -2.21. The van der Waals surface area contributed by atoms with Gasteiger partial charge in [-0.05, 0) is 31.0 Å². The number of nitrogens with zero attached hydrogens (tertiary/aromatic N) is 2. The molecule has 5 nitrogen and oxygen atoms in total. The largest absolute Gasteiger partial charge is 0.491 e. The van der Waals surface area contributed by atoms with Gasteiger partial charge >= 0.3 is 0 Å². The molecule has 0 unspecified atom stereocenters. The van der Waals surface area contributed by atoms with Gasteiger partial charge in [-0.3, -0.25) is 14.6 Å². The lowest BCUT2D eigenvalue weighted by atomic mass is 10.1. The highest BCUT2D eigenvalue weighted by Crippen LogP contribution is 2.12. The Balaban J connectivity index is 1.30. The van der Waals surface area contributed by atoms with Crippen molar-refractivity contribution in [3.8, 4) is 5.75 Å². The van der Waals surface area contributed by atoms with Gasteiger partial charge in [0.2, 0.25) is 0 Å². The smallest absolute Gasteiger partial charge is 0.147 e. The van der Waals surface area contributed by atoms with E-state index in [9.17, 15) is 9.90 Å². The van der Waals surface area contributed by atoms with Crippen LogP contribution in [0.4, 0.5) is 0 Å². The summed E-state index contributed by atoms with van der Waals surface area (Å²) < 4.78 is 5.67. The highest BCUT2D eigenvalue weighted by Gasteiger charge is 2.21. The molecule has 1 aliphatic rings. The number of carbonyl (C=O) groups excluding carboxylic acids is 1. The molecule has 1 atom stereocenters. The fraction of sp³-hybridized carbons (Fsp3) is 0.458. The molecule has 29 heavy (non-hydrogen) atoms. The van der Waals surface area contributed by atoms with E-state index in [1.807, 2.05) is 49.4 Å². The predicted molar refractivity (Wildman–Crippen MR) is 115 cm³/mol. The van der Waals surface area contributed by atoms with Crippen molar-refractivity contribution in [1.82, 2.24) is 9.80 Å². The van der Waals surface area contributed by atoms with Crippen LogP contribution in [0.1, 0.15) is 17.5 Å². The number of hydrogen-bond acceptors (Lipinski definition) is 5. The molecule has 1 fully saturated rings. The maximum absolute atomic E-state index is 12.3. The van der Waals surface area contributed by atoms with Crippen LogP contribution in [0.5, 0.6) is 5.75 Å². The van der Waals surface area contributed by atoms with Crippen LogP contribution in [-0.4, -0.2) is 72.7 Å². The average Bonchev–Trinajstić information content (AvgIpc) is 2.74. The van der Waals surface area contributed by atoms with Crippen LogP contribution in [0, 0.1) is 6.92 Å². The summed E-state index contributed by atoms with van der Waals surface area (Å²) in [6.07, 6.45) is 0.891. The quantitative estimate of drug-likeness (QED) is 0.669. The third-order valence-electron chi connectivity index (χ3n) is 5.33. The fourth-order valence-corrected chi connectivity index (χ4v) is 3.56. The van der Waals surface area contributed by atoms with Gasteiger partial charge in [-0.25, -0.2) is 0 Å². The lowest BCUT2D eigenvalue weighted by Gasteiger charge is -2.35. The molecular formula is C24H32N2O3. The molecule has 0 amide bonds. The summed E-state index contributed by atoms with van der Waals surface area (Å²) >= 11 is 0. The van der Waals surface area contributed by atoms with E-state index in [2.05, 4.69) is 21.9 Å². The van der Waals surface area contributed by atoms with Crippen molar-refractivity contribution in [1.29, 1.82) is 0 Å². The van der Waals surface area contributed by atoms with E-state index in [4.69, 9.17) is 4.74 Å². The van der Waals surface area contributed by atoms with Crippen molar-refractivity contribution in [2.24, 2.45) is 0 Å². The number of β-amino-alcohol motifs (C(OH)–C–C–N with tert-alkyl or cyclic N) is 1. The first-order chi connectivity index (χ1) is 14.1. The number of piperazine rings is 1. The maximum atomic E-state index is 12.3. The molecular weight excluding hydrogens is 364 g/mol. The monoisotopic (exact) mass is 396 g/mol. The number of ketones is 1. The first-order valence-corrected chi connectivity index (χ1v) is 10.5. The highest BCUT2D eigenvalue weighted by atomic mass is 16.5. The van der Waals surface area contributed by atoms with Gasteiger partial charge in [-0.15, -0.1) is 0 Å². The minimum Gasteiger partial charge on any atom is -0.491 e. The van der Waals surface area contributed by atoms with Gasteiger partial charge in [-0.1, -0.05) is 48.0 Å². The number of hydrogen-bond donors (Lipinski definition) is 1. The second kappa shape index (κ2) is 11.1. The van der Waals surface area contributed by atoms with Crippen molar-refractivity contribution in [3.05, 3.63) is 65.7 Å². The average molecular weight is 397 g/mol. The number of ether oxygens (including phenoxy) is 1. The van der Waals surface area contributed by atoms with Crippen molar-refractivity contribution < 1.29 is 14.6 Å². The zero-order valence-electron chi connectivity index (χ0n) is 17.3. The summed E-state index contributed by atoms with van der Waals surface area (Å²) in [7, 11) is 0.